The minimum absolute atomic E-state index is 0.243. The molecule has 30 heavy (non-hydrogen) atoms. The van der Waals surface area contributed by atoms with Gasteiger partial charge in [0.25, 0.3) is 0 Å². The highest BCUT2D eigenvalue weighted by Crippen LogP contribution is 2.48. The third-order valence-corrected chi connectivity index (χ3v) is 7.03. The topological polar surface area (TPSA) is 37.3 Å². The zero-order chi connectivity index (χ0) is 21.1. The van der Waals surface area contributed by atoms with Crippen molar-refractivity contribution in [2.24, 2.45) is 0 Å². The van der Waals surface area contributed by atoms with Crippen LogP contribution in [0, 0.1) is 0 Å². The number of aliphatic carboxylic acids is 1. The van der Waals surface area contributed by atoms with Crippen LogP contribution in [0.25, 0.3) is 0 Å². The fourth-order valence-corrected chi connectivity index (χ4v) is 5.47. The Kier molecular flexibility index (Phi) is 8.58. The van der Waals surface area contributed by atoms with Crippen LogP contribution < -0.4 is 0 Å². The Morgan fingerprint density at radius 2 is 1.03 bits per heavy atom. The summed E-state index contributed by atoms with van der Waals surface area (Å²) in [6.07, 6.45) is 5.44. The van der Waals surface area contributed by atoms with E-state index in [9.17, 15) is 4.79 Å². The Bertz CT molecular complexity index is 782. The van der Waals surface area contributed by atoms with Crippen molar-refractivity contribution in [1.82, 2.24) is 0 Å². The second-order valence-electron chi connectivity index (χ2n) is 7.54. The van der Waals surface area contributed by atoms with Crippen LogP contribution in [-0.2, 0) is 9.54 Å². The SMILES string of the molecule is O=C(O)CCCCCCCSC(c1ccccc1)(c1ccccc1)c1ccccc1. The first-order valence-electron chi connectivity index (χ1n) is 10.8. The Morgan fingerprint density at radius 1 is 0.633 bits per heavy atom. The normalized spacial score (nSPS) is 11.3. The van der Waals surface area contributed by atoms with Crippen molar-refractivity contribution < 1.29 is 9.90 Å². The maximum atomic E-state index is 10.6. The molecule has 0 radical (unpaired) electrons. The molecule has 1 N–H and O–H groups in total. The van der Waals surface area contributed by atoms with E-state index in [4.69, 9.17) is 5.11 Å². The predicted octanol–water partition coefficient (Wildman–Crippen LogP) is 7.14. The van der Waals surface area contributed by atoms with E-state index in [1.54, 1.807) is 0 Å². The standard InChI is InChI=1S/C27H30O2S/c28-26(29)21-13-2-1-3-14-22-30-27(23-15-7-4-8-16-23,24-17-9-5-10-18-24)25-19-11-6-12-20-25/h4-12,15-20H,1-3,13-14,21-22H2,(H,28,29). The van der Waals surface area contributed by atoms with E-state index in [1.165, 1.54) is 16.7 Å². The van der Waals surface area contributed by atoms with Gasteiger partial charge >= 0.3 is 5.97 Å². The van der Waals surface area contributed by atoms with Crippen molar-refractivity contribution in [2.75, 3.05) is 5.75 Å². The maximum absolute atomic E-state index is 10.6. The van der Waals surface area contributed by atoms with E-state index in [0.29, 0.717) is 0 Å². The van der Waals surface area contributed by atoms with Gasteiger partial charge in [-0.25, -0.2) is 0 Å². The van der Waals surface area contributed by atoms with Gasteiger partial charge in [0.05, 0.1) is 4.75 Å². The summed E-state index contributed by atoms with van der Waals surface area (Å²) in [5, 5.41) is 8.77. The average molecular weight is 419 g/mol. The molecule has 0 aliphatic heterocycles. The van der Waals surface area contributed by atoms with Gasteiger partial charge in [-0.3, -0.25) is 4.79 Å². The molecule has 3 aromatic carbocycles. The highest BCUT2D eigenvalue weighted by molar-refractivity contribution is 8.00. The van der Waals surface area contributed by atoms with Gasteiger partial charge in [0.1, 0.15) is 0 Å². The van der Waals surface area contributed by atoms with Crippen LogP contribution in [-0.4, -0.2) is 16.8 Å². The minimum Gasteiger partial charge on any atom is -0.481 e. The lowest BCUT2D eigenvalue weighted by molar-refractivity contribution is -0.137. The number of carbonyl (C=O) groups is 1. The maximum Gasteiger partial charge on any atom is 0.303 e. The molecule has 3 heteroatoms. The lowest BCUT2D eigenvalue weighted by Gasteiger charge is -2.35. The summed E-state index contributed by atoms with van der Waals surface area (Å²) in [4.78, 5) is 10.6. The summed E-state index contributed by atoms with van der Waals surface area (Å²) in [5.41, 5.74) is 3.90. The fraction of sp³-hybridized carbons (Fsp3) is 0.296. The largest absolute Gasteiger partial charge is 0.481 e. The van der Waals surface area contributed by atoms with Crippen molar-refractivity contribution in [3.8, 4) is 0 Å². The van der Waals surface area contributed by atoms with E-state index < -0.39 is 5.97 Å². The number of thioether (sulfide) groups is 1. The number of hydrogen-bond donors (Lipinski definition) is 1. The zero-order valence-corrected chi connectivity index (χ0v) is 18.2. The summed E-state index contributed by atoms with van der Waals surface area (Å²) < 4.78 is -0.243. The van der Waals surface area contributed by atoms with E-state index in [0.717, 1.165) is 37.9 Å². The fourth-order valence-electron chi connectivity index (χ4n) is 3.90. The Morgan fingerprint density at radius 3 is 1.47 bits per heavy atom. The molecule has 0 fully saturated rings. The number of hydrogen-bond acceptors (Lipinski definition) is 2. The van der Waals surface area contributed by atoms with Gasteiger partial charge in [0, 0.05) is 6.42 Å². The van der Waals surface area contributed by atoms with Crippen molar-refractivity contribution in [1.29, 1.82) is 0 Å². The van der Waals surface area contributed by atoms with Gasteiger partial charge in [-0.05, 0) is 35.3 Å². The molecule has 3 aromatic rings. The Hall–Kier alpha value is -2.52. The molecule has 0 heterocycles. The van der Waals surface area contributed by atoms with Crippen LogP contribution in [0.15, 0.2) is 91.0 Å². The van der Waals surface area contributed by atoms with Crippen molar-refractivity contribution >= 4 is 17.7 Å². The predicted molar refractivity (Wildman–Crippen MR) is 127 cm³/mol. The first-order valence-corrected chi connectivity index (χ1v) is 11.7. The summed E-state index contributed by atoms with van der Waals surface area (Å²) in [7, 11) is 0. The Balaban J connectivity index is 1.79. The van der Waals surface area contributed by atoms with Crippen LogP contribution in [0.3, 0.4) is 0 Å². The number of benzene rings is 3. The zero-order valence-electron chi connectivity index (χ0n) is 17.4. The molecular weight excluding hydrogens is 388 g/mol. The smallest absolute Gasteiger partial charge is 0.303 e. The molecule has 156 valence electrons. The summed E-state index contributed by atoms with van der Waals surface area (Å²) in [6, 6.07) is 32.4. The molecule has 0 atom stereocenters. The Labute approximate surface area is 184 Å². The first kappa shape index (κ1) is 22.2. The van der Waals surface area contributed by atoms with E-state index in [2.05, 4.69) is 91.0 Å². The van der Waals surface area contributed by atoms with Gasteiger partial charge in [-0.1, -0.05) is 110 Å². The van der Waals surface area contributed by atoms with Crippen LogP contribution in [0.1, 0.15) is 55.2 Å². The third kappa shape index (κ3) is 5.76. The summed E-state index contributed by atoms with van der Waals surface area (Å²) in [5.74, 6) is 0.362. The minimum atomic E-state index is -0.691. The molecule has 0 saturated heterocycles. The van der Waals surface area contributed by atoms with E-state index in [1.807, 2.05) is 11.8 Å². The lowest BCUT2D eigenvalue weighted by atomic mass is 9.84. The van der Waals surface area contributed by atoms with Crippen molar-refractivity contribution in [3.05, 3.63) is 108 Å². The molecule has 0 aliphatic rings. The molecule has 2 nitrogen and oxygen atoms in total. The second kappa shape index (κ2) is 11.6. The lowest BCUT2D eigenvalue weighted by Crippen LogP contribution is -2.26. The van der Waals surface area contributed by atoms with Gasteiger partial charge in [-0.2, -0.15) is 0 Å². The molecule has 0 aromatic heterocycles. The molecular formula is C27H30O2S. The quantitative estimate of drug-likeness (QED) is 0.251. The first-order chi connectivity index (χ1) is 14.7. The monoisotopic (exact) mass is 418 g/mol. The van der Waals surface area contributed by atoms with Crippen LogP contribution in [0.5, 0.6) is 0 Å². The number of rotatable bonds is 12. The molecule has 0 bridgehead atoms. The molecule has 0 saturated carbocycles. The van der Waals surface area contributed by atoms with Gasteiger partial charge in [-0.15, -0.1) is 11.8 Å². The van der Waals surface area contributed by atoms with Crippen LogP contribution in [0.2, 0.25) is 0 Å². The highest BCUT2D eigenvalue weighted by atomic mass is 32.2. The van der Waals surface area contributed by atoms with Gasteiger partial charge in [0.15, 0.2) is 0 Å². The van der Waals surface area contributed by atoms with E-state index >= 15 is 0 Å². The van der Waals surface area contributed by atoms with Gasteiger partial charge in [0.2, 0.25) is 0 Å². The number of unbranched alkanes of at least 4 members (excludes halogenated alkanes) is 4. The number of carboxylic acid groups (broad SMARTS) is 1. The highest BCUT2D eigenvalue weighted by Gasteiger charge is 2.36. The summed E-state index contributed by atoms with van der Waals surface area (Å²) >= 11 is 2.00. The molecule has 0 amide bonds. The second-order valence-corrected chi connectivity index (χ2v) is 8.85. The molecule has 0 aliphatic carbocycles. The average Bonchev–Trinajstić information content (AvgIpc) is 2.80. The summed E-state index contributed by atoms with van der Waals surface area (Å²) in [6.45, 7) is 0. The van der Waals surface area contributed by atoms with Crippen molar-refractivity contribution in [3.63, 3.8) is 0 Å². The molecule has 0 unspecified atom stereocenters. The third-order valence-electron chi connectivity index (χ3n) is 5.39. The number of carboxylic acids is 1. The van der Waals surface area contributed by atoms with E-state index in [-0.39, 0.29) is 11.2 Å². The van der Waals surface area contributed by atoms with Gasteiger partial charge < -0.3 is 5.11 Å². The van der Waals surface area contributed by atoms with Crippen LogP contribution >= 0.6 is 11.8 Å². The molecule has 3 rings (SSSR count). The van der Waals surface area contributed by atoms with Crippen LogP contribution in [0.4, 0.5) is 0 Å². The van der Waals surface area contributed by atoms with Crippen molar-refractivity contribution in [2.45, 2.75) is 43.3 Å². The molecule has 0 spiro atoms.